The molecule has 0 aliphatic rings. The normalized spacial score (nSPS) is 11.3. The molecule has 0 fully saturated rings. The molecule has 0 radical (unpaired) electrons. The number of aromatic nitrogens is 4. The number of hydrogen-bond donors (Lipinski definition) is 0. The van der Waals surface area contributed by atoms with E-state index in [1.807, 2.05) is 48.5 Å². The largest absolute Gasteiger partial charge is 0.228 e. The highest BCUT2D eigenvalue weighted by Gasteiger charge is 2.24. The molecule has 2 aromatic heterocycles. The standard InChI is InChI=1S/C59H44N4/c1-59(2,51-35-31-47(32-36-51)55-39-53(60-57(62-55)49-19-11-5-12-20-49)45-27-23-43(24-28-45)41-15-7-3-8-16-41)52-37-33-48(34-38-52)56-40-54(61-58(63-56)50-21-13-6-14-22-50)46-29-25-44(26-30-46)42-17-9-4-10-18-42/h3-40H,1-2H3. The van der Waals surface area contributed by atoms with Crippen LogP contribution in [-0.4, -0.2) is 19.9 Å². The molecule has 0 bridgehead atoms. The molecule has 4 heteroatoms. The summed E-state index contributed by atoms with van der Waals surface area (Å²) in [6.07, 6.45) is 0. The van der Waals surface area contributed by atoms with Crippen LogP contribution in [0.5, 0.6) is 0 Å². The molecule has 0 atom stereocenters. The average molecular weight is 809 g/mol. The molecule has 63 heavy (non-hydrogen) atoms. The van der Waals surface area contributed by atoms with Crippen molar-refractivity contribution in [2.24, 2.45) is 0 Å². The second-order valence-corrected chi connectivity index (χ2v) is 16.3. The molecule has 0 aliphatic carbocycles. The smallest absolute Gasteiger partial charge is 0.160 e. The van der Waals surface area contributed by atoms with Crippen LogP contribution in [0.15, 0.2) is 231 Å². The number of hydrogen-bond acceptors (Lipinski definition) is 4. The van der Waals surface area contributed by atoms with Gasteiger partial charge in [-0.2, -0.15) is 0 Å². The zero-order valence-corrected chi connectivity index (χ0v) is 35.2. The molecule has 8 aromatic carbocycles. The molecule has 300 valence electrons. The van der Waals surface area contributed by atoms with Crippen LogP contribution < -0.4 is 0 Å². The van der Waals surface area contributed by atoms with E-state index in [0.717, 1.165) is 56.2 Å². The van der Waals surface area contributed by atoms with Gasteiger partial charge >= 0.3 is 0 Å². The molecule has 4 nitrogen and oxygen atoms in total. The quantitative estimate of drug-likeness (QED) is 0.138. The van der Waals surface area contributed by atoms with Crippen molar-refractivity contribution in [3.05, 3.63) is 242 Å². The van der Waals surface area contributed by atoms with Gasteiger partial charge in [0, 0.05) is 38.8 Å². The summed E-state index contributed by atoms with van der Waals surface area (Å²) in [5.41, 5.74) is 16.5. The first-order valence-corrected chi connectivity index (χ1v) is 21.4. The number of benzene rings is 8. The molecule has 0 spiro atoms. The van der Waals surface area contributed by atoms with Gasteiger partial charge in [-0.3, -0.25) is 0 Å². The molecular formula is C59H44N4. The van der Waals surface area contributed by atoms with Crippen molar-refractivity contribution in [3.8, 4) is 90.1 Å². The topological polar surface area (TPSA) is 51.6 Å². The van der Waals surface area contributed by atoms with Crippen molar-refractivity contribution in [3.63, 3.8) is 0 Å². The molecule has 0 aliphatic heterocycles. The third kappa shape index (κ3) is 8.35. The predicted molar refractivity (Wildman–Crippen MR) is 260 cm³/mol. The van der Waals surface area contributed by atoms with E-state index in [-0.39, 0.29) is 5.41 Å². The third-order valence-corrected chi connectivity index (χ3v) is 11.9. The monoisotopic (exact) mass is 808 g/mol. The molecule has 10 aromatic rings. The van der Waals surface area contributed by atoms with E-state index in [4.69, 9.17) is 19.9 Å². The minimum atomic E-state index is -0.268. The van der Waals surface area contributed by atoms with Crippen LogP contribution >= 0.6 is 0 Å². The van der Waals surface area contributed by atoms with Gasteiger partial charge in [0.05, 0.1) is 22.8 Å². The lowest BCUT2D eigenvalue weighted by molar-refractivity contribution is 0.641. The molecule has 0 saturated carbocycles. The van der Waals surface area contributed by atoms with Crippen LogP contribution in [0.4, 0.5) is 0 Å². The van der Waals surface area contributed by atoms with Crippen LogP contribution in [0.3, 0.4) is 0 Å². The second-order valence-electron chi connectivity index (χ2n) is 16.3. The van der Waals surface area contributed by atoms with Crippen LogP contribution in [0, 0.1) is 0 Å². The first kappa shape index (κ1) is 39.1. The minimum absolute atomic E-state index is 0.268. The minimum Gasteiger partial charge on any atom is -0.228 e. The highest BCUT2D eigenvalue weighted by atomic mass is 14.9. The van der Waals surface area contributed by atoms with Gasteiger partial charge in [-0.05, 0) is 45.5 Å². The van der Waals surface area contributed by atoms with Crippen molar-refractivity contribution in [1.29, 1.82) is 0 Å². The van der Waals surface area contributed by atoms with E-state index in [9.17, 15) is 0 Å². The van der Waals surface area contributed by atoms with Crippen LogP contribution in [0.25, 0.3) is 90.1 Å². The predicted octanol–water partition coefficient (Wildman–Crippen LogP) is 14.9. The summed E-state index contributed by atoms with van der Waals surface area (Å²) in [6.45, 7) is 4.56. The molecule has 0 saturated heterocycles. The summed E-state index contributed by atoms with van der Waals surface area (Å²) in [5, 5.41) is 0. The van der Waals surface area contributed by atoms with E-state index in [2.05, 4.69) is 196 Å². The summed E-state index contributed by atoms with van der Waals surface area (Å²) < 4.78 is 0. The van der Waals surface area contributed by atoms with Crippen molar-refractivity contribution >= 4 is 0 Å². The van der Waals surface area contributed by atoms with Crippen molar-refractivity contribution in [2.75, 3.05) is 0 Å². The highest BCUT2D eigenvalue weighted by Crippen LogP contribution is 2.36. The molecule has 0 amide bonds. The fourth-order valence-corrected chi connectivity index (χ4v) is 8.13. The molecule has 0 unspecified atom stereocenters. The average Bonchev–Trinajstić information content (AvgIpc) is 3.37. The maximum absolute atomic E-state index is 5.10. The Labute approximate surface area is 369 Å². The first-order chi connectivity index (χ1) is 30.9. The summed E-state index contributed by atoms with van der Waals surface area (Å²) in [5.74, 6) is 1.40. The Morgan fingerprint density at radius 3 is 0.746 bits per heavy atom. The Kier molecular flexibility index (Phi) is 10.6. The summed E-state index contributed by atoms with van der Waals surface area (Å²) in [4.78, 5) is 20.3. The van der Waals surface area contributed by atoms with Gasteiger partial charge in [0.1, 0.15) is 0 Å². The van der Waals surface area contributed by atoms with Gasteiger partial charge < -0.3 is 0 Å². The molecule has 10 rings (SSSR count). The first-order valence-electron chi connectivity index (χ1n) is 21.4. The lowest BCUT2D eigenvalue weighted by atomic mass is 9.77. The van der Waals surface area contributed by atoms with Crippen LogP contribution in [0.2, 0.25) is 0 Å². The highest BCUT2D eigenvalue weighted by molar-refractivity contribution is 5.76. The SMILES string of the molecule is CC(C)(c1ccc(-c2cc(-c3ccc(-c4ccccc4)cc3)nc(-c3ccccc3)n2)cc1)c1ccc(-c2cc(-c3ccc(-c4ccccc4)cc3)nc(-c3ccccc3)n2)cc1. The summed E-state index contributed by atoms with van der Waals surface area (Å²) in [6, 6.07) is 80.4. The van der Waals surface area contributed by atoms with Gasteiger partial charge in [-0.25, -0.2) is 19.9 Å². The Bertz CT molecular complexity index is 2900. The van der Waals surface area contributed by atoms with Crippen LogP contribution in [0.1, 0.15) is 25.0 Å². The van der Waals surface area contributed by atoms with E-state index < -0.39 is 0 Å². The van der Waals surface area contributed by atoms with Crippen molar-refractivity contribution in [1.82, 2.24) is 19.9 Å². The van der Waals surface area contributed by atoms with Gasteiger partial charge in [0.15, 0.2) is 11.6 Å². The Hall–Kier alpha value is -8.08. The third-order valence-electron chi connectivity index (χ3n) is 11.9. The lowest BCUT2D eigenvalue weighted by Crippen LogP contribution is -2.18. The summed E-state index contributed by atoms with van der Waals surface area (Å²) in [7, 11) is 0. The maximum atomic E-state index is 5.10. The fraction of sp³-hybridized carbons (Fsp3) is 0.0508. The fourth-order valence-electron chi connectivity index (χ4n) is 8.13. The Morgan fingerprint density at radius 2 is 0.460 bits per heavy atom. The molecule has 0 N–H and O–H groups in total. The Balaban J connectivity index is 0.939. The van der Waals surface area contributed by atoms with Crippen molar-refractivity contribution in [2.45, 2.75) is 19.3 Å². The van der Waals surface area contributed by atoms with E-state index >= 15 is 0 Å². The van der Waals surface area contributed by atoms with Gasteiger partial charge in [-0.1, -0.05) is 232 Å². The van der Waals surface area contributed by atoms with Gasteiger partial charge in [0.25, 0.3) is 0 Å². The molecular weight excluding hydrogens is 765 g/mol. The van der Waals surface area contributed by atoms with Crippen molar-refractivity contribution < 1.29 is 0 Å². The Morgan fingerprint density at radius 1 is 0.238 bits per heavy atom. The van der Waals surface area contributed by atoms with Gasteiger partial charge in [-0.15, -0.1) is 0 Å². The zero-order valence-electron chi connectivity index (χ0n) is 35.2. The summed E-state index contributed by atoms with van der Waals surface area (Å²) >= 11 is 0. The van der Waals surface area contributed by atoms with Gasteiger partial charge in [0.2, 0.25) is 0 Å². The lowest BCUT2D eigenvalue weighted by Gasteiger charge is -2.26. The number of nitrogens with zero attached hydrogens (tertiary/aromatic N) is 4. The second kappa shape index (κ2) is 17.1. The molecule has 2 heterocycles. The zero-order chi connectivity index (χ0) is 42.6. The van der Waals surface area contributed by atoms with E-state index in [0.29, 0.717) is 11.6 Å². The van der Waals surface area contributed by atoms with E-state index in [1.165, 1.54) is 33.4 Å². The maximum Gasteiger partial charge on any atom is 0.160 e. The van der Waals surface area contributed by atoms with E-state index in [1.54, 1.807) is 0 Å². The van der Waals surface area contributed by atoms with Crippen LogP contribution in [-0.2, 0) is 5.41 Å². The number of rotatable bonds is 10.